The third kappa shape index (κ3) is 4.37. The van der Waals surface area contributed by atoms with Crippen molar-refractivity contribution < 1.29 is 9.13 Å². The molecule has 0 spiro atoms. The first-order valence-corrected chi connectivity index (χ1v) is 12.9. The third-order valence-corrected chi connectivity index (χ3v) is 7.01. The molecule has 0 saturated carbocycles. The topological polar surface area (TPSA) is 74.3 Å². The van der Waals surface area contributed by atoms with Crippen molar-refractivity contribution in [3.05, 3.63) is 111 Å². The Bertz CT molecular complexity index is 1870. The van der Waals surface area contributed by atoms with E-state index < -0.39 is 5.82 Å². The van der Waals surface area contributed by atoms with Crippen LogP contribution in [0.25, 0.3) is 39.4 Å². The van der Waals surface area contributed by atoms with Crippen LogP contribution in [0.5, 0.6) is 5.75 Å². The smallest absolute Gasteiger partial charge is 0.291 e. The largest absolute Gasteiger partial charge is 0.491 e. The van der Waals surface area contributed by atoms with Crippen molar-refractivity contribution in [2.75, 3.05) is 6.61 Å². The van der Waals surface area contributed by atoms with Crippen LogP contribution in [-0.2, 0) is 0 Å². The second-order valence-electron chi connectivity index (χ2n) is 8.70. The van der Waals surface area contributed by atoms with Crippen LogP contribution in [0.4, 0.5) is 4.39 Å². The summed E-state index contributed by atoms with van der Waals surface area (Å²) in [4.78, 5) is 18.3. The Balaban J connectivity index is 1.47. The Hall–Kier alpha value is -4.63. The summed E-state index contributed by atoms with van der Waals surface area (Å²) in [5.41, 5.74) is 4.32. The Kier molecular flexibility index (Phi) is 6.05. The van der Waals surface area contributed by atoms with Gasteiger partial charge in [-0.05, 0) is 50.3 Å². The molecule has 3 aromatic heterocycles. The Morgan fingerprint density at radius 2 is 1.76 bits per heavy atom. The van der Waals surface area contributed by atoms with Crippen molar-refractivity contribution in [3.63, 3.8) is 0 Å². The molecule has 0 aliphatic heterocycles. The van der Waals surface area contributed by atoms with E-state index in [0.29, 0.717) is 38.7 Å². The Morgan fingerprint density at radius 1 is 1.00 bits per heavy atom. The predicted octanol–water partition coefficient (Wildman–Crippen LogP) is 5.06. The molecule has 9 heteroatoms. The van der Waals surface area contributed by atoms with Gasteiger partial charge in [-0.25, -0.2) is 9.07 Å². The van der Waals surface area contributed by atoms with E-state index in [1.165, 1.54) is 21.9 Å². The molecule has 6 aromatic rings. The van der Waals surface area contributed by atoms with Crippen LogP contribution in [0.3, 0.4) is 0 Å². The van der Waals surface area contributed by atoms with E-state index in [1.54, 1.807) is 29.8 Å². The number of nitrogens with zero attached hydrogens (tertiary/aromatic N) is 5. The molecule has 188 valence electrons. The van der Waals surface area contributed by atoms with Gasteiger partial charge in [-0.15, -0.1) is 5.10 Å². The zero-order valence-electron chi connectivity index (χ0n) is 20.6. The van der Waals surface area contributed by atoms with Gasteiger partial charge in [0, 0.05) is 22.9 Å². The molecule has 38 heavy (non-hydrogen) atoms. The summed E-state index contributed by atoms with van der Waals surface area (Å²) in [6.07, 6.45) is 3.58. The number of rotatable bonds is 6. The number of halogens is 1. The minimum atomic E-state index is -0.475. The highest BCUT2D eigenvalue weighted by atomic mass is 32.1. The normalized spacial score (nSPS) is 11.9. The lowest BCUT2D eigenvalue weighted by Crippen LogP contribution is -2.23. The molecule has 0 bridgehead atoms. The number of aryl methyl sites for hydroxylation is 1. The van der Waals surface area contributed by atoms with Gasteiger partial charge in [0.05, 0.1) is 16.8 Å². The molecule has 0 aliphatic carbocycles. The summed E-state index contributed by atoms with van der Waals surface area (Å²) in [5, 5.41) is 9.18. The quantitative estimate of drug-likeness (QED) is 0.305. The van der Waals surface area contributed by atoms with Crippen LogP contribution in [0.2, 0.25) is 0 Å². The van der Waals surface area contributed by atoms with Gasteiger partial charge in [0.2, 0.25) is 4.96 Å². The van der Waals surface area contributed by atoms with E-state index >= 15 is 0 Å². The van der Waals surface area contributed by atoms with Crippen molar-refractivity contribution >= 4 is 22.4 Å². The van der Waals surface area contributed by atoms with Crippen molar-refractivity contribution in [3.8, 4) is 34.1 Å². The zero-order valence-corrected chi connectivity index (χ0v) is 21.4. The molecule has 3 heterocycles. The summed E-state index contributed by atoms with van der Waals surface area (Å²) in [6, 6.07) is 22.2. The van der Waals surface area contributed by atoms with Gasteiger partial charge in [0.1, 0.15) is 5.69 Å². The minimum absolute atomic E-state index is 0.182. The van der Waals surface area contributed by atoms with Crippen molar-refractivity contribution in [2.45, 2.75) is 13.8 Å². The monoisotopic (exact) mass is 523 g/mol. The molecular weight excluding hydrogens is 501 g/mol. The number of aromatic nitrogens is 5. The molecule has 0 unspecified atom stereocenters. The van der Waals surface area contributed by atoms with Gasteiger partial charge < -0.3 is 4.74 Å². The van der Waals surface area contributed by atoms with E-state index in [0.717, 1.165) is 16.8 Å². The van der Waals surface area contributed by atoms with Gasteiger partial charge in [-0.2, -0.15) is 14.6 Å². The lowest BCUT2D eigenvalue weighted by molar-refractivity contribution is 0.321. The Labute approximate surface area is 221 Å². The molecule has 6 rings (SSSR count). The lowest BCUT2D eigenvalue weighted by atomic mass is 10.1. The van der Waals surface area contributed by atoms with Crippen molar-refractivity contribution in [1.29, 1.82) is 0 Å². The van der Waals surface area contributed by atoms with Crippen LogP contribution in [0.15, 0.2) is 83.8 Å². The molecule has 0 atom stereocenters. The molecule has 0 aliphatic rings. The average molecular weight is 524 g/mol. The second-order valence-corrected chi connectivity index (χ2v) is 9.71. The van der Waals surface area contributed by atoms with Crippen molar-refractivity contribution in [2.24, 2.45) is 0 Å². The number of hydrogen-bond acceptors (Lipinski definition) is 6. The fraction of sp³-hybridized carbons (Fsp3) is 0.103. The highest BCUT2D eigenvalue weighted by Gasteiger charge is 2.16. The van der Waals surface area contributed by atoms with Crippen LogP contribution in [0.1, 0.15) is 18.1 Å². The summed E-state index contributed by atoms with van der Waals surface area (Å²) < 4.78 is 23.6. The lowest BCUT2D eigenvalue weighted by Gasteiger charge is -2.06. The average Bonchev–Trinajstić information content (AvgIpc) is 3.62. The van der Waals surface area contributed by atoms with E-state index in [-0.39, 0.29) is 11.3 Å². The number of fused-ring (bicyclic) bond motifs is 1. The van der Waals surface area contributed by atoms with Crippen LogP contribution < -0.4 is 14.8 Å². The first-order valence-electron chi connectivity index (χ1n) is 12.1. The fourth-order valence-electron chi connectivity index (χ4n) is 4.15. The number of thiazole rings is 1. The minimum Gasteiger partial charge on any atom is -0.491 e. The first-order chi connectivity index (χ1) is 18.5. The van der Waals surface area contributed by atoms with Gasteiger partial charge in [-0.3, -0.25) is 4.79 Å². The maximum atomic E-state index is 14.7. The molecule has 0 amide bonds. The molecule has 7 nitrogen and oxygen atoms in total. The summed E-state index contributed by atoms with van der Waals surface area (Å²) in [5.74, 6) is 0.208. The Morgan fingerprint density at radius 3 is 2.47 bits per heavy atom. The van der Waals surface area contributed by atoms with Gasteiger partial charge in [0.25, 0.3) is 5.56 Å². The number of para-hydroxylation sites is 1. The van der Waals surface area contributed by atoms with Crippen LogP contribution in [0, 0.1) is 12.7 Å². The molecular formula is C29H22FN5O2S. The summed E-state index contributed by atoms with van der Waals surface area (Å²) in [7, 11) is 0. The van der Waals surface area contributed by atoms with E-state index in [9.17, 15) is 9.18 Å². The predicted molar refractivity (Wildman–Crippen MR) is 146 cm³/mol. The first kappa shape index (κ1) is 23.7. The fourth-order valence-corrected chi connectivity index (χ4v) is 5.05. The number of benzene rings is 3. The maximum Gasteiger partial charge on any atom is 0.291 e. The third-order valence-electron chi connectivity index (χ3n) is 6.05. The molecule has 0 N–H and O–H groups in total. The number of ether oxygens (including phenoxy) is 1. The molecule has 0 saturated heterocycles. The standard InChI is InChI=1S/C29H22FN5O2S/c1-3-37-24-14-13-20(15-23(24)30)26-21(17-34(32-26)22-7-5-4-6-8-22)16-25-28(36)35-29(38-25)31-27(33-35)19-11-9-18(2)10-12-19/h4-17H,3H2,1-2H3. The van der Waals surface area contributed by atoms with E-state index in [1.807, 2.05) is 67.7 Å². The number of hydrogen-bond donors (Lipinski definition) is 0. The van der Waals surface area contributed by atoms with Gasteiger partial charge in [-0.1, -0.05) is 59.4 Å². The summed E-state index contributed by atoms with van der Waals surface area (Å²) in [6.45, 7) is 4.18. The summed E-state index contributed by atoms with van der Waals surface area (Å²) >= 11 is 1.25. The maximum absolute atomic E-state index is 14.7. The zero-order chi connectivity index (χ0) is 26.2. The van der Waals surface area contributed by atoms with Crippen molar-refractivity contribution in [1.82, 2.24) is 24.4 Å². The van der Waals surface area contributed by atoms with Crippen LogP contribution >= 0.6 is 11.3 Å². The van der Waals surface area contributed by atoms with Crippen LogP contribution in [-0.4, -0.2) is 31.0 Å². The highest BCUT2D eigenvalue weighted by molar-refractivity contribution is 7.15. The highest BCUT2D eigenvalue weighted by Crippen LogP contribution is 2.29. The molecule has 3 aromatic carbocycles. The molecule has 0 radical (unpaired) electrons. The van der Waals surface area contributed by atoms with Gasteiger partial charge in [0.15, 0.2) is 17.4 Å². The van der Waals surface area contributed by atoms with Gasteiger partial charge >= 0.3 is 0 Å². The second kappa shape index (κ2) is 9.68. The van der Waals surface area contributed by atoms with E-state index in [2.05, 4.69) is 10.1 Å². The molecule has 0 fully saturated rings. The van der Waals surface area contributed by atoms with E-state index in [4.69, 9.17) is 9.84 Å². The SMILES string of the molecule is CCOc1ccc(-c2nn(-c3ccccc3)cc2C=c2sc3nc(-c4ccc(C)cc4)nn3c2=O)cc1F.